The molecule has 0 atom stereocenters. The van der Waals surface area contributed by atoms with Crippen molar-refractivity contribution in [1.29, 1.82) is 0 Å². The molecule has 1 amide bonds. The number of carbonyl (C=O) groups is 1. The third-order valence-electron chi connectivity index (χ3n) is 3.47. The fourth-order valence-corrected chi connectivity index (χ4v) is 2.29. The number of nitrogens with two attached hydrogens (primary N) is 1. The summed E-state index contributed by atoms with van der Waals surface area (Å²) in [6, 6.07) is 3.82. The second kappa shape index (κ2) is 6.55. The number of anilines is 1. The van der Waals surface area contributed by atoms with Crippen LogP contribution in [0.25, 0.3) is 0 Å². The summed E-state index contributed by atoms with van der Waals surface area (Å²) in [5.41, 5.74) is 6.14. The molecule has 0 aliphatic carbocycles. The molecule has 0 fully saturated rings. The topological polar surface area (TPSA) is 55.1 Å². The molecule has 0 spiro atoms. The van der Waals surface area contributed by atoms with Crippen LogP contribution in [0.3, 0.4) is 0 Å². The van der Waals surface area contributed by atoms with Gasteiger partial charge in [0, 0.05) is 12.2 Å². The SMILES string of the molecule is CC(C)C(CNC(=O)c1ccc(F)cc1N)C(C)C. The van der Waals surface area contributed by atoms with E-state index in [0.29, 0.717) is 29.9 Å². The van der Waals surface area contributed by atoms with E-state index in [-0.39, 0.29) is 11.6 Å². The Morgan fingerprint density at radius 3 is 2.32 bits per heavy atom. The number of carbonyl (C=O) groups excluding carboxylic acids is 1. The van der Waals surface area contributed by atoms with Crippen molar-refractivity contribution >= 4 is 11.6 Å². The summed E-state index contributed by atoms with van der Waals surface area (Å²) in [6.45, 7) is 9.17. The number of nitrogens with one attached hydrogen (secondary N) is 1. The summed E-state index contributed by atoms with van der Waals surface area (Å²) >= 11 is 0. The van der Waals surface area contributed by atoms with E-state index in [0.717, 1.165) is 6.07 Å². The molecule has 0 saturated carbocycles. The maximum atomic E-state index is 12.9. The molecule has 0 radical (unpaired) electrons. The molecular formula is C15H23FN2O. The first-order valence-corrected chi connectivity index (χ1v) is 6.66. The first kappa shape index (κ1) is 15.5. The van der Waals surface area contributed by atoms with Crippen LogP contribution in [0.15, 0.2) is 18.2 Å². The number of hydrogen-bond acceptors (Lipinski definition) is 2. The normalized spacial score (nSPS) is 11.4. The van der Waals surface area contributed by atoms with Gasteiger partial charge in [0.25, 0.3) is 5.91 Å². The minimum absolute atomic E-state index is 0.170. The van der Waals surface area contributed by atoms with E-state index >= 15 is 0 Å². The van der Waals surface area contributed by atoms with Gasteiger partial charge in [-0.05, 0) is 36.0 Å². The zero-order valence-corrected chi connectivity index (χ0v) is 12.0. The van der Waals surface area contributed by atoms with Crippen molar-refractivity contribution in [3.05, 3.63) is 29.6 Å². The molecule has 4 heteroatoms. The summed E-state index contributed by atoms with van der Waals surface area (Å²) < 4.78 is 12.9. The lowest BCUT2D eigenvalue weighted by atomic mass is 9.85. The average molecular weight is 266 g/mol. The Morgan fingerprint density at radius 2 is 1.84 bits per heavy atom. The molecule has 0 saturated heterocycles. The average Bonchev–Trinajstić information content (AvgIpc) is 2.27. The second-order valence-corrected chi connectivity index (χ2v) is 5.59. The Kier molecular flexibility index (Phi) is 5.33. The van der Waals surface area contributed by atoms with E-state index in [4.69, 9.17) is 5.73 Å². The van der Waals surface area contributed by atoms with Crippen molar-refractivity contribution < 1.29 is 9.18 Å². The zero-order chi connectivity index (χ0) is 14.6. The van der Waals surface area contributed by atoms with Crippen LogP contribution in [0.4, 0.5) is 10.1 Å². The summed E-state index contributed by atoms with van der Waals surface area (Å²) in [5, 5.41) is 2.88. The molecule has 0 aromatic heterocycles. The van der Waals surface area contributed by atoms with Crippen LogP contribution in [-0.4, -0.2) is 12.5 Å². The fraction of sp³-hybridized carbons (Fsp3) is 0.533. The van der Waals surface area contributed by atoms with Crippen LogP contribution in [0.2, 0.25) is 0 Å². The first-order chi connectivity index (χ1) is 8.82. The van der Waals surface area contributed by atoms with Gasteiger partial charge in [0.05, 0.1) is 5.56 Å². The van der Waals surface area contributed by atoms with Gasteiger partial charge < -0.3 is 11.1 Å². The monoisotopic (exact) mass is 266 g/mol. The largest absolute Gasteiger partial charge is 0.398 e. The van der Waals surface area contributed by atoms with Crippen LogP contribution in [0.1, 0.15) is 38.1 Å². The molecule has 19 heavy (non-hydrogen) atoms. The quantitative estimate of drug-likeness (QED) is 0.805. The number of nitrogen functional groups attached to an aromatic ring is 1. The third-order valence-corrected chi connectivity index (χ3v) is 3.47. The summed E-state index contributed by atoms with van der Waals surface area (Å²) in [6.07, 6.45) is 0. The van der Waals surface area contributed by atoms with Gasteiger partial charge in [-0.2, -0.15) is 0 Å². The van der Waals surface area contributed by atoms with Crippen LogP contribution < -0.4 is 11.1 Å². The van der Waals surface area contributed by atoms with Gasteiger partial charge in [-0.1, -0.05) is 27.7 Å². The predicted molar refractivity (Wildman–Crippen MR) is 76.3 cm³/mol. The summed E-state index contributed by atoms with van der Waals surface area (Å²) in [7, 11) is 0. The molecule has 0 heterocycles. The van der Waals surface area contributed by atoms with E-state index in [2.05, 4.69) is 33.0 Å². The molecule has 106 valence electrons. The van der Waals surface area contributed by atoms with Crippen molar-refractivity contribution in [2.45, 2.75) is 27.7 Å². The van der Waals surface area contributed by atoms with Gasteiger partial charge in [0.15, 0.2) is 0 Å². The minimum atomic E-state index is -0.434. The molecule has 3 nitrogen and oxygen atoms in total. The van der Waals surface area contributed by atoms with Crippen molar-refractivity contribution in [2.24, 2.45) is 17.8 Å². The van der Waals surface area contributed by atoms with E-state index < -0.39 is 5.82 Å². The smallest absolute Gasteiger partial charge is 0.253 e. The number of halogens is 1. The third kappa shape index (κ3) is 4.23. The summed E-state index contributed by atoms with van der Waals surface area (Å²) in [4.78, 5) is 12.0. The fourth-order valence-electron chi connectivity index (χ4n) is 2.29. The lowest BCUT2D eigenvalue weighted by Gasteiger charge is -2.25. The van der Waals surface area contributed by atoms with Crippen molar-refractivity contribution in [1.82, 2.24) is 5.32 Å². The van der Waals surface area contributed by atoms with Crippen molar-refractivity contribution in [3.8, 4) is 0 Å². The number of hydrogen-bond donors (Lipinski definition) is 2. The molecule has 1 aromatic rings. The number of benzene rings is 1. The van der Waals surface area contributed by atoms with Gasteiger partial charge in [-0.3, -0.25) is 4.79 Å². The minimum Gasteiger partial charge on any atom is -0.398 e. The van der Waals surface area contributed by atoms with E-state index in [9.17, 15) is 9.18 Å². The zero-order valence-electron chi connectivity index (χ0n) is 12.0. The maximum Gasteiger partial charge on any atom is 0.253 e. The standard InChI is InChI=1S/C15H23FN2O/c1-9(2)13(10(3)4)8-18-15(19)12-6-5-11(16)7-14(12)17/h5-7,9-10,13H,8,17H2,1-4H3,(H,18,19). The Labute approximate surface area is 114 Å². The highest BCUT2D eigenvalue weighted by Gasteiger charge is 2.19. The number of amides is 1. The van der Waals surface area contributed by atoms with E-state index in [1.54, 1.807) is 0 Å². The van der Waals surface area contributed by atoms with Crippen molar-refractivity contribution in [3.63, 3.8) is 0 Å². The highest BCUT2D eigenvalue weighted by atomic mass is 19.1. The van der Waals surface area contributed by atoms with Gasteiger partial charge in [0.2, 0.25) is 0 Å². The predicted octanol–water partition coefficient (Wildman–Crippen LogP) is 3.07. The maximum absolute atomic E-state index is 12.9. The lowest BCUT2D eigenvalue weighted by molar-refractivity contribution is 0.0938. The first-order valence-electron chi connectivity index (χ1n) is 6.66. The van der Waals surface area contributed by atoms with E-state index in [1.165, 1.54) is 12.1 Å². The molecule has 0 unspecified atom stereocenters. The van der Waals surface area contributed by atoms with Crippen LogP contribution in [0, 0.1) is 23.6 Å². The molecule has 0 aliphatic heterocycles. The van der Waals surface area contributed by atoms with E-state index in [1.807, 2.05) is 0 Å². The molecule has 3 N–H and O–H groups in total. The molecule has 1 aromatic carbocycles. The lowest BCUT2D eigenvalue weighted by Crippen LogP contribution is -2.34. The summed E-state index contributed by atoms with van der Waals surface area (Å²) in [5.74, 6) is 0.711. The van der Waals surface area contributed by atoms with Gasteiger partial charge in [-0.15, -0.1) is 0 Å². The van der Waals surface area contributed by atoms with Crippen LogP contribution in [-0.2, 0) is 0 Å². The van der Waals surface area contributed by atoms with Gasteiger partial charge in [0.1, 0.15) is 5.82 Å². The van der Waals surface area contributed by atoms with Gasteiger partial charge in [-0.25, -0.2) is 4.39 Å². The number of rotatable bonds is 5. The highest BCUT2D eigenvalue weighted by Crippen LogP contribution is 2.20. The molecule has 0 aliphatic rings. The van der Waals surface area contributed by atoms with Crippen LogP contribution in [0.5, 0.6) is 0 Å². The Bertz CT molecular complexity index is 436. The Hall–Kier alpha value is -1.58. The van der Waals surface area contributed by atoms with Crippen molar-refractivity contribution in [2.75, 3.05) is 12.3 Å². The Morgan fingerprint density at radius 1 is 1.26 bits per heavy atom. The second-order valence-electron chi connectivity index (χ2n) is 5.59. The molecule has 1 rings (SSSR count). The highest BCUT2D eigenvalue weighted by molar-refractivity contribution is 5.99. The van der Waals surface area contributed by atoms with Crippen LogP contribution >= 0.6 is 0 Å². The molecule has 0 bridgehead atoms. The Balaban J connectivity index is 2.69. The molecular weight excluding hydrogens is 243 g/mol. The van der Waals surface area contributed by atoms with Gasteiger partial charge >= 0.3 is 0 Å².